The molecule has 0 saturated heterocycles. The van der Waals surface area contributed by atoms with E-state index in [1.807, 2.05) is 57.4 Å². The summed E-state index contributed by atoms with van der Waals surface area (Å²) in [7, 11) is -4.25. The van der Waals surface area contributed by atoms with Crippen LogP contribution in [0.1, 0.15) is 38.3 Å². The van der Waals surface area contributed by atoms with Crippen molar-refractivity contribution >= 4 is 62.5 Å². The molecule has 4 aromatic rings. The molecule has 0 aliphatic carbocycles. The molecule has 0 aliphatic rings. The minimum atomic E-state index is -4.25. The highest BCUT2D eigenvalue weighted by Crippen LogP contribution is 2.29. The summed E-state index contributed by atoms with van der Waals surface area (Å²) in [6.07, 6.45) is 2.78. The lowest BCUT2D eigenvalue weighted by Crippen LogP contribution is -2.54. The zero-order valence-corrected chi connectivity index (χ0v) is 31.1. The van der Waals surface area contributed by atoms with Gasteiger partial charge in [-0.05, 0) is 98.3 Å². The summed E-state index contributed by atoms with van der Waals surface area (Å²) in [5, 5.41) is 3.67. The second kappa shape index (κ2) is 17.8. The molecule has 2 amide bonds. The zero-order valence-electron chi connectivity index (χ0n) is 27.9. The molecule has 2 atom stereocenters. The highest BCUT2D eigenvalue weighted by Gasteiger charge is 2.35. The average Bonchev–Trinajstić information content (AvgIpc) is 3.11. The van der Waals surface area contributed by atoms with Gasteiger partial charge in [-0.1, -0.05) is 66.5 Å². The predicted octanol–water partition coefficient (Wildman–Crippen LogP) is 7.86. The van der Waals surface area contributed by atoms with Crippen LogP contribution in [0.15, 0.2) is 107 Å². The Labute approximate surface area is 303 Å². The number of hydrogen-bond donors (Lipinski definition) is 1. The Kier molecular flexibility index (Phi) is 13.8. The molecule has 0 aliphatic heterocycles. The number of sulfonamides is 1. The fraction of sp³-hybridized carbons (Fsp3) is 0.297. The quantitative estimate of drug-likeness (QED) is 0.118. The van der Waals surface area contributed by atoms with Gasteiger partial charge < -0.3 is 15.0 Å². The second-order valence-corrected chi connectivity index (χ2v) is 15.0. The number of nitrogens with zero attached hydrogens (tertiary/aromatic N) is 2. The van der Waals surface area contributed by atoms with Crippen LogP contribution in [0.2, 0.25) is 10.0 Å². The molecule has 1 N–H and O–H groups in total. The molecule has 12 heteroatoms. The van der Waals surface area contributed by atoms with Gasteiger partial charge in [0.05, 0.1) is 27.2 Å². The van der Waals surface area contributed by atoms with Crippen molar-refractivity contribution in [1.82, 2.24) is 10.2 Å². The number of hydrogen-bond acceptors (Lipinski definition) is 6. The molecule has 0 radical (unpaired) electrons. The Balaban J connectivity index is 1.82. The van der Waals surface area contributed by atoms with Gasteiger partial charge in [0.2, 0.25) is 11.8 Å². The van der Waals surface area contributed by atoms with E-state index < -0.39 is 28.5 Å². The number of carbonyl (C=O) groups excluding carboxylic acids is 2. The average molecular weight is 743 g/mol. The van der Waals surface area contributed by atoms with E-state index in [1.165, 1.54) is 28.8 Å². The summed E-state index contributed by atoms with van der Waals surface area (Å²) in [6.45, 7) is 5.54. The van der Waals surface area contributed by atoms with Gasteiger partial charge >= 0.3 is 0 Å². The second-order valence-electron chi connectivity index (χ2n) is 11.4. The van der Waals surface area contributed by atoms with Crippen molar-refractivity contribution in [2.45, 2.75) is 62.0 Å². The molecule has 0 spiro atoms. The van der Waals surface area contributed by atoms with Crippen LogP contribution < -0.4 is 14.4 Å². The Morgan fingerprint density at radius 2 is 1.55 bits per heavy atom. The van der Waals surface area contributed by atoms with Crippen molar-refractivity contribution in [3.05, 3.63) is 118 Å². The van der Waals surface area contributed by atoms with Gasteiger partial charge in [-0.15, -0.1) is 11.8 Å². The van der Waals surface area contributed by atoms with Crippen molar-refractivity contribution < 1.29 is 22.7 Å². The first-order valence-electron chi connectivity index (χ1n) is 15.9. The molecule has 0 saturated carbocycles. The Hall–Kier alpha value is -3.70. The van der Waals surface area contributed by atoms with Gasteiger partial charge in [0.15, 0.2) is 0 Å². The Morgan fingerprint density at radius 1 is 0.878 bits per heavy atom. The molecule has 0 unspecified atom stereocenters. The van der Waals surface area contributed by atoms with E-state index in [0.29, 0.717) is 34.4 Å². The van der Waals surface area contributed by atoms with Crippen molar-refractivity contribution in [3.63, 3.8) is 0 Å². The van der Waals surface area contributed by atoms with Crippen LogP contribution in [-0.2, 0) is 32.6 Å². The molecule has 0 aromatic heterocycles. The topological polar surface area (TPSA) is 96.0 Å². The molecular weight excluding hydrogens is 701 g/mol. The SMILES string of the molecule is CCOc1ccc(N(CC(=O)N(Cc2ccc(Cl)c(Cl)c2)[C@@H](Cc2ccccc2)C(=O)N[C@@H](C)CC)S(=O)(=O)c2ccc(SC)cc2)cc1. The number of rotatable bonds is 16. The summed E-state index contributed by atoms with van der Waals surface area (Å²) in [5.41, 5.74) is 1.73. The van der Waals surface area contributed by atoms with Gasteiger partial charge in [-0.25, -0.2) is 8.42 Å². The smallest absolute Gasteiger partial charge is 0.264 e. The zero-order chi connectivity index (χ0) is 35.6. The normalized spacial score (nSPS) is 12.5. The lowest BCUT2D eigenvalue weighted by atomic mass is 10.0. The lowest BCUT2D eigenvalue weighted by molar-refractivity contribution is -0.140. The standard InChI is InChI=1S/C37H41Cl2N3O5S2/c1-5-26(3)40-37(44)35(23-27-10-8-7-9-11-27)41(24-28-12-21-33(38)34(39)22-28)36(43)25-42(29-13-15-30(16-14-29)47-6-2)49(45,46)32-19-17-31(48-4)18-20-32/h7-22,26,35H,5-6,23-25H2,1-4H3,(H,40,44)/t26-,35-/m0/s1. The number of amides is 2. The maximum Gasteiger partial charge on any atom is 0.264 e. The highest BCUT2D eigenvalue weighted by molar-refractivity contribution is 7.98. The summed E-state index contributed by atoms with van der Waals surface area (Å²) in [5.74, 6) is -0.371. The first-order chi connectivity index (χ1) is 23.5. The van der Waals surface area contributed by atoms with Gasteiger partial charge in [-0.2, -0.15) is 0 Å². The van der Waals surface area contributed by atoms with Crippen LogP contribution in [0, 0.1) is 0 Å². The monoisotopic (exact) mass is 741 g/mol. The minimum absolute atomic E-state index is 0.0263. The van der Waals surface area contributed by atoms with E-state index in [4.69, 9.17) is 27.9 Å². The Bertz CT molecular complexity index is 1810. The highest BCUT2D eigenvalue weighted by atomic mass is 35.5. The van der Waals surface area contributed by atoms with E-state index in [9.17, 15) is 18.0 Å². The third kappa shape index (κ3) is 10.2. The van der Waals surface area contributed by atoms with E-state index in [0.717, 1.165) is 14.8 Å². The first kappa shape index (κ1) is 38.1. The summed E-state index contributed by atoms with van der Waals surface area (Å²) in [4.78, 5) is 31.0. The summed E-state index contributed by atoms with van der Waals surface area (Å²) >= 11 is 14.1. The third-order valence-electron chi connectivity index (χ3n) is 7.97. The van der Waals surface area contributed by atoms with E-state index >= 15 is 0 Å². The molecule has 0 heterocycles. The van der Waals surface area contributed by atoms with Gasteiger partial charge in [-0.3, -0.25) is 13.9 Å². The lowest BCUT2D eigenvalue weighted by Gasteiger charge is -2.34. The van der Waals surface area contributed by atoms with Crippen LogP contribution in [-0.4, -0.2) is 56.6 Å². The van der Waals surface area contributed by atoms with Crippen molar-refractivity contribution in [2.75, 3.05) is 23.7 Å². The van der Waals surface area contributed by atoms with E-state index in [-0.39, 0.29) is 35.5 Å². The number of thioether (sulfide) groups is 1. The molecule has 260 valence electrons. The van der Waals surface area contributed by atoms with Crippen LogP contribution in [0.25, 0.3) is 0 Å². The summed E-state index contributed by atoms with van der Waals surface area (Å²) in [6, 6.07) is 26.3. The number of nitrogens with one attached hydrogen (secondary N) is 1. The van der Waals surface area contributed by atoms with Crippen LogP contribution >= 0.6 is 35.0 Å². The predicted molar refractivity (Wildman–Crippen MR) is 199 cm³/mol. The van der Waals surface area contributed by atoms with Crippen LogP contribution in [0.3, 0.4) is 0 Å². The van der Waals surface area contributed by atoms with Crippen LogP contribution in [0.5, 0.6) is 5.75 Å². The van der Waals surface area contributed by atoms with Crippen LogP contribution in [0.4, 0.5) is 5.69 Å². The van der Waals surface area contributed by atoms with Gasteiger partial charge in [0, 0.05) is 23.9 Å². The van der Waals surface area contributed by atoms with E-state index in [2.05, 4.69) is 5.32 Å². The molecule has 4 rings (SSSR count). The maximum absolute atomic E-state index is 14.7. The number of anilines is 1. The van der Waals surface area contributed by atoms with Crippen molar-refractivity contribution in [3.8, 4) is 5.75 Å². The number of ether oxygens (including phenoxy) is 1. The number of carbonyl (C=O) groups is 2. The fourth-order valence-corrected chi connectivity index (χ4v) is 7.25. The molecule has 0 bridgehead atoms. The van der Waals surface area contributed by atoms with Crippen molar-refractivity contribution in [2.24, 2.45) is 0 Å². The molecule has 4 aromatic carbocycles. The largest absolute Gasteiger partial charge is 0.494 e. The fourth-order valence-electron chi connectivity index (χ4n) is 5.11. The van der Waals surface area contributed by atoms with Gasteiger partial charge in [0.1, 0.15) is 18.3 Å². The molecule has 49 heavy (non-hydrogen) atoms. The first-order valence-corrected chi connectivity index (χ1v) is 19.4. The third-order valence-corrected chi connectivity index (χ3v) is 11.2. The number of halogens is 2. The van der Waals surface area contributed by atoms with Gasteiger partial charge in [0.25, 0.3) is 10.0 Å². The molecular formula is C37H41Cl2N3O5S2. The summed E-state index contributed by atoms with van der Waals surface area (Å²) < 4.78 is 35.3. The maximum atomic E-state index is 14.7. The number of benzene rings is 4. The van der Waals surface area contributed by atoms with Crippen molar-refractivity contribution in [1.29, 1.82) is 0 Å². The molecule has 0 fully saturated rings. The van der Waals surface area contributed by atoms with E-state index in [1.54, 1.807) is 54.6 Å². The Morgan fingerprint density at radius 3 is 2.14 bits per heavy atom. The minimum Gasteiger partial charge on any atom is -0.494 e. The molecule has 8 nitrogen and oxygen atoms in total.